The topological polar surface area (TPSA) is 73.6 Å². The van der Waals surface area contributed by atoms with Gasteiger partial charge in [-0.3, -0.25) is 4.79 Å². The summed E-state index contributed by atoms with van der Waals surface area (Å²) in [5.74, 6) is 0.217. The van der Waals surface area contributed by atoms with Crippen molar-refractivity contribution in [3.8, 4) is 0 Å². The zero-order valence-corrected chi connectivity index (χ0v) is 11.1. The maximum absolute atomic E-state index is 11.9. The van der Waals surface area contributed by atoms with Gasteiger partial charge in [0.25, 0.3) is 5.91 Å². The number of nitrogens with two attached hydrogens (primary N) is 1. The average Bonchev–Trinajstić information content (AvgIpc) is 2.91. The van der Waals surface area contributed by atoms with Crippen molar-refractivity contribution in [2.75, 3.05) is 30.9 Å². The highest BCUT2D eigenvalue weighted by Gasteiger charge is 2.20. The molecule has 3 N–H and O–H groups in total. The van der Waals surface area contributed by atoms with E-state index in [1.165, 1.54) is 0 Å². The third kappa shape index (κ3) is 3.94. The molecule has 1 amide bonds. The molecule has 0 saturated carbocycles. The number of carbonyl (C=O) groups is 1. The van der Waals surface area contributed by atoms with Gasteiger partial charge in [-0.2, -0.15) is 0 Å². The van der Waals surface area contributed by atoms with Crippen LogP contribution in [0.1, 0.15) is 13.3 Å². The second-order valence-electron chi connectivity index (χ2n) is 4.78. The van der Waals surface area contributed by atoms with Gasteiger partial charge >= 0.3 is 0 Å². The van der Waals surface area contributed by atoms with E-state index in [2.05, 4.69) is 5.32 Å². The lowest BCUT2D eigenvalue weighted by atomic mass is 10.1. The smallest absolute Gasteiger partial charge is 0.253 e. The van der Waals surface area contributed by atoms with Crippen molar-refractivity contribution in [2.45, 2.75) is 19.4 Å². The molecular weight excluding hydrogens is 244 g/mol. The lowest BCUT2D eigenvalue weighted by molar-refractivity contribution is -0.127. The summed E-state index contributed by atoms with van der Waals surface area (Å²) in [4.78, 5) is 11.9. The molecule has 5 heteroatoms. The van der Waals surface area contributed by atoms with Crippen LogP contribution in [-0.2, 0) is 14.3 Å². The lowest BCUT2D eigenvalue weighted by Crippen LogP contribution is -2.29. The largest absolute Gasteiger partial charge is 0.397 e. The van der Waals surface area contributed by atoms with Gasteiger partial charge in [0.1, 0.15) is 6.10 Å². The van der Waals surface area contributed by atoms with Crippen molar-refractivity contribution < 1.29 is 14.3 Å². The fourth-order valence-corrected chi connectivity index (χ4v) is 1.92. The van der Waals surface area contributed by atoms with Crippen LogP contribution < -0.4 is 11.1 Å². The number of hydrogen-bond donors (Lipinski definition) is 2. The third-order valence-corrected chi connectivity index (χ3v) is 3.19. The predicted molar refractivity (Wildman–Crippen MR) is 73.8 cm³/mol. The molecule has 0 aromatic heterocycles. The number of nitrogens with one attached hydrogen (secondary N) is 1. The number of nitrogen functional groups attached to an aromatic ring is 1. The number of hydrogen-bond acceptors (Lipinski definition) is 4. The number of carbonyl (C=O) groups excluding carboxylic acids is 1. The fraction of sp³-hybridized carbons (Fsp3) is 0.500. The van der Waals surface area contributed by atoms with E-state index in [0.29, 0.717) is 23.9 Å². The molecular formula is C14H20N2O3. The van der Waals surface area contributed by atoms with Gasteiger partial charge in [0.15, 0.2) is 0 Å². The van der Waals surface area contributed by atoms with Crippen LogP contribution in [0.15, 0.2) is 24.3 Å². The standard InChI is InChI=1S/C14H20N2O3/c1-10(19-9-11-6-7-18-8-11)14(17)16-13-5-3-2-4-12(13)15/h2-5,10-11H,6-9,15H2,1H3,(H,16,17). The summed E-state index contributed by atoms with van der Waals surface area (Å²) in [6, 6.07) is 7.17. The minimum absolute atomic E-state index is 0.184. The van der Waals surface area contributed by atoms with Gasteiger partial charge in [-0.15, -0.1) is 0 Å². The molecule has 1 aliphatic rings. The molecule has 0 radical (unpaired) electrons. The predicted octanol–water partition coefficient (Wildman–Crippen LogP) is 1.65. The van der Waals surface area contributed by atoms with Gasteiger partial charge in [-0.1, -0.05) is 12.1 Å². The fourth-order valence-electron chi connectivity index (χ4n) is 1.92. The van der Waals surface area contributed by atoms with Crippen LogP contribution in [0.3, 0.4) is 0 Å². The molecule has 1 aromatic carbocycles. The van der Waals surface area contributed by atoms with Crippen molar-refractivity contribution >= 4 is 17.3 Å². The summed E-state index contributed by atoms with van der Waals surface area (Å²) >= 11 is 0. The molecule has 1 fully saturated rings. The van der Waals surface area contributed by atoms with Crippen molar-refractivity contribution in [1.29, 1.82) is 0 Å². The van der Waals surface area contributed by atoms with E-state index in [1.807, 2.05) is 12.1 Å². The second-order valence-corrected chi connectivity index (χ2v) is 4.78. The molecule has 1 aliphatic heterocycles. The van der Waals surface area contributed by atoms with Crippen LogP contribution in [0.2, 0.25) is 0 Å². The van der Waals surface area contributed by atoms with Gasteiger partial charge in [-0.25, -0.2) is 0 Å². The molecule has 0 spiro atoms. The number of rotatable bonds is 5. The molecule has 2 rings (SSSR count). The summed E-state index contributed by atoms with van der Waals surface area (Å²) in [7, 11) is 0. The van der Waals surface area contributed by atoms with E-state index in [1.54, 1.807) is 19.1 Å². The Balaban J connectivity index is 1.80. The van der Waals surface area contributed by atoms with Gasteiger partial charge in [0.2, 0.25) is 0 Å². The van der Waals surface area contributed by atoms with Crippen molar-refractivity contribution in [2.24, 2.45) is 5.92 Å². The number of anilines is 2. The van der Waals surface area contributed by atoms with Gasteiger partial charge < -0.3 is 20.5 Å². The SMILES string of the molecule is CC(OCC1CCOC1)C(=O)Nc1ccccc1N. The van der Waals surface area contributed by atoms with Crippen LogP contribution in [0.25, 0.3) is 0 Å². The van der Waals surface area contributed by atoms with Crippen LogP contribution in [-0.4, -0.2) is 31.8 Å². The quantitative estimate of drug-likeness (QED) is 0.793. The first-order chi connectivity index (χ1) is 9.16. The number of ether oxygens (including phenoxy) is 2. The molecule has 0 aliphatic carbocycles. The first-order valence-electron chi connectivity index (χ1n) is 6.51. The van der Waals surface area contributed by atoms with E-state index in [-0.39, 0.29) is 5.91 Å². The van der Waals surface area contributed by atoms with Crippen LogP contribution in [0, 0.1) is 5.92 Å². The molecule has 104 valence electrons. The zero-order chi connectivity index (χ0) is 13.7. The number of benzene rings is 1. The normalized spacial score (nSPS) is 20.2. The van der Waals surface area contributed by atoms with E-state index in [0.717, 1.165) is 19.6 Å². The average molecular weight is 264 g/mol. The zero-order valence-electron chi connectivity index (χ0n) is 11.1. The molecule has 19 heavy (non-hydrogen) atoms. The van der Waals surface area contributed by atoms with E-state index in [4.69, 9.17) is 15.2 Å². The van der Waals surface area contributed by atoms with E-state index in [9.17, 15) is 4.79 Å². The first kappa shape index (κ1) is 13.8. The van der Waals surface area contributed by atoms with Crippen molar-refractivity contribution in [1.82, 2.24) is 0 Å². The molecule has 1 saturated heterocycles. The Morgan fingerprint density at radius 1 is 1.58 bits per heavy atom. The second kappa shape index (κ2) is 6.54. The van der Waals surface area contributed by atoms with Crippen LogP contribution in [0.4, 0.5) is 11.4 Å². The summed E-state index contributed by atoms with van der Waals surface area (Å²) in [5, 5.41) is 2.77. The summed E-state index contributed by atoms with van der Waals surface area (Å²) < 4.78 is 10.8. The van der Waals surface area contributed by atoms with E-state index < -0.39 is 6.10 Å². The Kier molecular flexibility index (Phi) is 4.76. The Bertz CT molecular complexity index is 430. The molecule has 5 nitrogen and oxygen atoms in total. The number of para-hydroxylation sites is 2. The maximum atomic E-state index is 11.9. The van der Waals surface area contributed by atoms with Gasteiger partial charge in [0, 0.05) is 12.5 Å². The maximum Gasteiger partial charge on any atom is 0.253 e. The Morgan fingerprint density at radius 2 is 2.37 bits per heavy atom. The van der Waals surface area contributed by atoms with Crippen molar-refractivity contribution in [3.63, 3.8) is 0 Å². The molecule has 2 unspecified atom stereocenters. The van der Waals surface area contributed by atoms with E-state index >= 15 is 0 Å². The minimum atomic E-state index is -0.500. The third-order valence-electron chi connectivity index (χ3n) is 3.19. The summed E-state index contributed by atoms with van der Waals surface area (Å²) in [6.07, 6.45) is 0.500. The van der Waals surface area contributed by atoms with Gasteiger partial charge in [-0.05, 0) is 25.5 Å². The summed E-state index contributed by atoms with van der Waals surface area (Å²) in [5.41, 5.74) is 6.94. The highest BCUT2D eigenvalue weighted by atomic mass is 16.5. The van der Waals surface area contributed by atoms with Crippen molar-refractivity contribution in [3.05, 3.63) is 24.3 Å². The molecule has 2 atom stereocenters. The summed E-state index contributed by atoms with van der Waals surface area (Å²) in [6.45, 7) is 3.80. The highest BCUT2D eigenvalue weighted by Crippen LogP contribution is 2.18. The highest BCUT2D eigenvalue weighted by molar-refractivity contribution is 5.96. The molecule has 1 heterocycles. The Hall–Kier alpha value is -1.59. The Morgan fingerprint density at radius 3 is 3.05 bits per heavy atom. The Labute approximate surface area is 113 Å². The number of amides is 1. The molecule has 0 bridgehead atoms. The molecule has 1 aromatic rings. The van der Waals surface area contributed by atoms with Gasteiger partial charge in [0.05, 0.1) is 24.6 Å². The first-order valence-corrected chi connectivity index (χ1v) is 6.51. The van der Waals surface area contributed by atoms with Crippen LogP contribution in [0.5, 0.6) is 0 Å². The van der Waals surface area contributed by atoms with Crippen LogP contribution >= 0.6 is 0 Å². The monoisotopic (exact) mass is 264 g/mol. The lowest BCUT2D eigenvalue weighted by Gasteiger charge is -2.16. The minimum Gasteiger partial charge on any atom is -0.397 e.